The number of aromatic nitrogens is 1. The van der Waals surface area contributed by atoms with E-state index in [-0.39, 0.29) is 73.0 Å². The highest BCUT2D eigenvalue weighted by molar-refractivity contribution is 5.97. The molecule has 7 atom stereocenters. The molecule has 7 rings (SSSR count). The second kappa shape index (κ2) is 23.4. The minimum Gasteiger partial charge on any atom is -0.441 e. The molecule has 346 valence electrons. The monoisotopic (exact) mass is 885 g/mol. The second-order valence-electron chi connectivity index (χ2n) is 18.4. The molecule has 3 aromatic carbocycles. The number of nitrogens with zero attached hydrogens (tertiary/aromatic N) is 2. The van der Waals surface area contributed by atoms with Crippen LogP contribution in [0.3, 0.4) is 0 Å². The maximum Gasteiger partial charge on any atom is 0.253 e. The van der Waals surface area contributed by atoms with Crippen LogP contribution in [0.4, 0.5) is 0 Å². The Morgan fingerprint density at radius 3 is 1.78 bits per heavy atom. The van der Waals surface area contributed by atoms with Crippen LogP contribution in [0.5, 0.6) is 0 Å². The van der Waals surface area contributed by atoms with E-state index in [2.05, 4.69) is 64.4 Å². The average Bonchev–Trinajstić information content (AvgIpc) is 4.16. The number of benzene rings is 3. The number of nitrogens with one attached hydrogen (secondary N) is 4. The van der Waals surface area contributed by atoms with E-state index in [1.807, 2.05) is 36.4 Å². The van der Waals surface area contributed by atoms with Crippen LogP contribution in [0.1, 0.15) is 143 Å². The topological polar surface area (TPSA) is 163 Å². The lowest BCUT2D eigenvalue weighted by Crippen LogP contribution is -2.48. The van der Waals surface area contributed by atoms with Gasteiger partial charge in [-0.25, -0.2) is 4.98 Å². The zero-order valence-corrected chi connectivity index (χ0v) is 38.3. The van der Waals surface area contributed by atoms with Gasteiger partial charge >= 0.3 is 0 Å². The molecule has 0 radical (unpaired) electrons. The molecule has 5 amide bonds. The molecule has 3 aliphatic rings. The summed E-state index contributed by atoms with van der Waals surface area (Å²) in [4.78, 5) is 74.4. The number of rotatable bonds is 25. The lowest BCUT2D eigenvalue weighted by Gasteiger charge is -2.18. The molecular weight excluding hydrogens is 817 g/mol. The van der Waals surface area contributed by atoms with Gasteiger partial charge < -0.3 is 30.6 Å². The van der Waals surface area contributed by atoms with E-state index in [1.54, 1.807) is 35.4 Å². The fourth-order valence-corrected chi connectivity index (χ4v) is 9.20. The quantitative estimate of drug-likeness (QED) is 0.0488. The van der Waals surface area contributed by atoms with Gasteiger partial charge in [0.15, 0.2) is 11.7 Å². The molecule has 1 saturated heterocycles. The van der Waals surface area contributed by atoms with Gasteiger partial charge in [0.1, 0.15) is 6.04 Å². The number of likely N-dealkylation sites (tertiary alicyclic amines) is 1. The first kappa shape index (κ1) is 47.2. The first-order valence-corrected chi connectivity index (χ1v) is 24.3. The number of amides is 5. The zero-order chi connectivity index (χ0) is 45.5. The number of hydrogen-bond donors (Lipinski definition) is 4. The van der Waals surface area contributed by atoms with E-state index in [0.29, 0.717) is 35.7 Å². The van der Waals surface area contributed by atoms with Crippen LogP contribution in [0, 0.1) is 11.8 Å². The molecule has 2 aliphatic carbocycles. The third-order valence-electron chi connectivity index (χ3n) is 13.3. The maximum atomic E-state index is 14.1. The largest absolute Gasteiger partial charge is 0.441 e. The highest BCUT2D eigenvalue weighted by Gasteiger charge is 2.49. The molecule has 0 spiro atoms. The highest BCUT2D eigenvalue weighted by Crippen LogP contribution is 2.43. The predicted molar refractivity (Wildman–Crippen MR) is 252 cm³/mol. The van der Waals surface area contributed by atoms with Crippen LogP contribution in [-0.4, -0.2) is 77.2 Å². The average molecular weight is 885 g/mol. The summed E-state index contributed by atoms with van der Waals surface area (Å²) in [5.41, 5.74) is 3.47. The maximum absolute atomic E-state index is 14.1. The normalized spacial score (nSPS) is 21.3. The van der Waals surface area contributed by atoms with Crippen LogP contribution < -0.4 is 21.3 Å². The van der Waals surface area contributed by atoms with E-state index in [1.165, 1.54) is 36.8 Å². The third kappa shape index (κ3) is 13.4. The molecule has 12 heteroatoms. The van der Waals surface area contributed by atoms with Crippen molar-refractivity contribution in [2.75, 3.05) is 19.6 Å². The minimum atomic E-state index is -0.828. The Labute approximate surface area is 384 Å². The summed E-state index contributed by atoms with van der Waals surface area (Å²) < 4.78 is 6.13. The predicted octanol–water partition coefficient (Wildman–Crippen LogP) is 8.24. The van der Waals surface area contributed by atoms with Gasteiger partial charge in [0.05, 0.1) is 24.5 Å². The van der Waals surface area contributed by atoms with Crippen LogP contribution in [0.2, 0.25) is 0 Å². The molecule has 2 saturated carbocycles. The molecule has 0 bridgehead atoms. The molecule has 65 heavy (non-hydrogen) atoms. The third-order valence-corrected chi connectivity index (χ3v) is 13.3. The fourth-order valence-electron chi connectivity index (χ4n) is 9.20. The second-order valence-corrected chi connectivity index (χ2v) is 18.4. The minimum absolute atomic E-state index is 0.00441. The molecule has 4 N–H and O–H groups in total. The first-order chi connectivity index (χ1) is 31.7. The Morgan fingerprint density at radius 2 is 1.22 bits per heavy atom. The van der Waals surface area contributed by atoms with E-state index in [0.717, 1.165) is 57.8 Å². The molecule has 0 unspecified atom stereocenters. The van der Waals surface area contributed by atoms with Crippen molar-refractivity contribution in [3.05, 3.63) is 114 Å². The SMILES string of the molecule is CCCCCCCCCC(=O)N[C@@H](Cc1ncc(-c2ccc(C(=O)N3C[C@@H](C(=O)N[C@H]4C[C@@H]4c4ccccc4)[C@H](C(=O)N[C@H]4C[C@@H]4c4ccccc4)C3)cc2)o1)C(=O)NCCCCCC. The lowest BCUT2D eigenvalue weighted by atomic mass is 9.94. The van der Waals surface area contributed by atoms with Crippen molar-refractivity contribution in [2.24, 2.45) is 11.8 Å². The number of hydrogen-bond acceptors (Lipinski definition) is 7. The van der Waals surface area contributed by atoms with Crippen LogP contribution >= 0.6 is 0 Å². The first-order valence-electron chi connectivity index (χ1n) is 24.3. The van der Waals surface area contributed by atoms with Gasteiger partial charge in [-0.15, -0.1) is 0 Å². The zero-order valence-electron chi connectivity index (χ0n) is 38.3. The summed E-state index contributed by atoms with van der Waals surface area (Å²) in [7, 11) is 0. The summed E-state index contributed by atoms with van der Waals surface area (Å²) in [5, 5.41) is 12.3. The summed E-state index contributed by atoms with van der Waals surface area (Å²) >= 11 is 0. The van der Waals surface area contributed by atoms with E-state index in [4.69, 9.17) is 4.42 Å². The van der Waals surface area contributed by atoms with Crippen molar-refractivity contribution in [3.8, 4) is 11.3 Å². The van der Waals surface area contributed by atoms with Crippen molar-refractivity contribution >= 4 is 29.5 Å². The molecular formula is C53H68N6O6. The number of oxazole rings is 1. The van der Waals surface area contributed by atoms with Gasteiger partial charge in [0, 0.05) is 61.1 Å². The van der Waals surface area contributed by atoms with Gasteiger partial charge in [-0.2, -0.15) is 0 Å². The Bertz CT molecular complexity index is 2100. The number of carbonyl (C=O) groups is 5. The molecule has 2 heterocycles. The van der Waals surface area contributed by atoms with E-state index >= 15 is 0 Å². The fraction of sp³-hybridized carbons (Fsp3) is 0.509. The van der Waals surface area contributed by atoms with Gasteiger partial charge in [-0.05, 0) is 48.9 Å². The molecule has 1 aliphatic heterocycles. The van der Waals surface area contributed by atoms with Gasteiger partial charge in [0.2, 0.25) is 23.6 Å². The summed E-state index contributed by atoms with van der Waals surface area (Å²) in [6.07, 6.45) is 15.5. The van der Waals surface area contributed by atoms with Crippen molar-refractivity contribution < 1.29 is 28.4 Å². The Balaban J connectivity index is 0.968. The van der Waals surface area contributed by atoms with E-state index in [9.17, 15) is 24.0 Å². The van der Waals surface area contributed by atoms with Gasteiger partial charge in [-0.3, -0.25) is 24.0 Å². The molecule has 4 aromatic rings. The van der Waals surface area contributed by atoms with Gasteiger partial charge in [-0.1, -0.05) is 144 Å². The van der Waals surface area contributed by atoms with E-state index < -0.39 is 17.9 Å². The summed E-state index contributed by atoms with van der Waals surface area (Å²) in [6.45, 7) is 5.14. The van der Waals surface area contributed by atoms with Crippen molar-refractivity contribution in [2.45, 2.75) is 140 Å². The molecule has 1 aromatic heterocycles. The summed E-state index contributed by atoms with van der Waals surface area (Å²) in [6, 6.07) is 26.4. The molecule has 3 fully saturated rings. The number of unbranched alkanes of at least 4 members (excludes halogenated alkanes) is 9. The smallest absolute Gasteiger partial charge is 0.253 e. The standard InChI is InChI=1S/C53H68N6O6/c1-3-5-7-9-10-11-18-24-48(60)56-46(52(63)54-29-19-8-6-4-2)32-49-55-33-47(65-49)38-25-27-39(28-26-38)53(64)59-34-42(50(61)57-44-30-40(44)36-20-14-12-15-21-36)43(35-59)51(62)58-45-31-41(45)37-22-16-13-17-23-37/h12-17,20-23,25-28,33,40-46H,3-11,18-19,24,29-32,34-35H2,1-2H3,(H,54,63)(H,56,60)(H,57,61)(H,58,62)/t40-,41-,42-,43-,44+,45+,46+/m1/s1. The Morgan fingerprint density at radius 1 is 0.677 bits per heavy atom. The van der Waals surface area contributed by atoms with Crippen molar-refractivity contribution in [3.63, 3.8) is 0 Å². The molecule has 12 nitrogen and oxygen atoms in total. The van der Waals surface area contributed by atoms with Crippen molar-refractivity contribution in [1.82, 2.24) is 31.2 Å². The Hall–Kier alpha value is -5.78. The summed E-state index contributed by atoms with van der Waals surface area (Å²) in [5.74, 6) is -1.20. The Kier molecular flexibility index (Phi) is 17.0. The van der Waals surface area contributed by atoms with Crippen LogP contribution in [-0.2, 0) is 25.6 Å². The number of carbonyl (C=O) groups excluding carboxylic acids is 5. The lowest BCUT2D eigenvalue weighted by molar-refractivity contribution is -0.133. The van der Waals surface area contributed by atoms with Crippen molar-refractivity contribution in [1.29, 1.82) is 0 Å². The highest BCUT2D eigenvalue weighted by atomic mass is 16.4. The van der Waals surface area contributed by atoms with Crippen LogP contribution in [0.15, 0.2) is 95.5 Å². The van der Waals surface area contributed by atoms with Gasteiger partial charge in [0.25, 0.3) is 5.91 Å². The van der Waals surface area contributed by atoms with Crippen LogP contribution in [0.25, 0.3) is 11.3 Å².